The van der Waals surface area contributed by atoms with Gasteiger partial charge < -0.3 is 25.2 Å². The van der Waals surface area contributed by atoms with E-state index in [0.717, 1.165) is 0 Å². The van der Waals surface area contributed by atoms with Crippen molar-refractivity contribution in [1.29, 1.82) is 0 Å². The maximum absolute atomic E-state index is 13.3. The number of aliphatic hydroxyl groups is 1. The molecule has 0 saturated carbocycles. The van der Waals surface area contributed by atoms with Crippen molar-refractivity contribution >= 4 is 35.6 Å². The molecular weight excluding hydrogens is 486 g/mol. The van der Waals surface area contributed by atoms with E-state index in [9.17, 15) is 24.3 Å². The van der Waals surface area contributed by atoms with Crippen molar-refractivity contribution in [3.63, 3.8) is 0 Å². The summed E-state index contributed by atoms with van der Waals surface area (Å²) in [4.78, 5) is 52.9. The number of fused-ring (bicyclic) bond motifs is 1. The highest BCUT2D eigenvalue weighted by Gasteiger charge is 2.55. The van der Waals surface area contributed by atoms with Gasteiger partial charge in [-0.05, 0) is 52.7 Å². The van der Waals surface area contributed by atoms with E-state index < -0.39 is 59.1 Å². The molecule has 0 radical (unpaired) electrons. The second kappa shape index (κ2) is 10.5. The van der Waals surface area contributed by atoms with Gasteiger partial charge in [-0.3, -0.25) is 14.5 Å². The van der Waals surface area contributed by atoms with Crippen LogP contribution in [0.1, 0.15) is 53.1 Å². The van der Waals surface area contributed by atoms with E-state index in [4.69, 9.17) is 9.47 Å². The van der Waals surface area contributed by atoms with Crippen LogP contribution in [0.15, 0.2) is 41.6 Å². The number of carbonyl (C=O) groups is 4. The maximum Gasteiger partial charge on any atom is 0.408 e. The third-order valence-corrected chi connectivity index (χ3v) is 6.52. The third-order valence-electron chi connectivity index (χ3n) is 5.18. The van der Waals surface area contributed by atoms with E-state index in [0.29, 0.717) is 16.9 Å². The molecule has 2 aliphatic heterocycles. The van der Waals surface area contributed by atoms with Crippen molar-refractivity contribution < 1.29 is 33.8 Å². The first-order valence-electron chi connectivity index (χ1n) is 11.6. The van der Waals surface area contributed by atoms with Crippen LogP contribution < -0.4 is 10.6 Å². The van der Waals surface area contributed by atoms with Crippen molar-refractivity contribution in [3.8, 4) is 0 Å². The van der Waals surface area contributed by atoms with Crippen LogP contribution in [-0.2, 0) is 23.9 Å². The van der Waals surface area contributed by atoms with Crippen LogP contribution in [0.3, 0.4) is 0 Å². The lowest BCUT2D eigenvalue weighted by Crippen LogP contribution is -2.71. The molecule has 1 unspecified atom stereocenters. The Labute approximate surface area is 214 Å². The van der Waals surface area contributed by atoms with Gasteiger partial charge in [-0.1, -0.05) is 30.3 Å². The van der Waals surface area contributed by atoms with Crippen LogP contribution in [0.4, 0.5) is 4.79 Å². The molecule has 0 aliphatic carbocycles. The van der Waals surface area contributed by atoms with E-state index in [1.54, 1.807) is 71.9 Å². The molecule has 3 atom stereocenters. The van der Waals surface area contributed by atoms with Gasteiger partial charge in [0.25, 0.3) is 5.91 Å². The number of alkyl carbamates (subject to hydrolysis) is 1. The molecule has 2 aliphatic rings. The van der Waals surface area contributed by atoms with E-state index >= 15 is 0 Å². The van der Waals surface area contributed by atoms with Gasteiger partial charge in [0.15, 0.2) is 0 Å². The minimum Gasteiger partial charge on any atom is -0.455 e. The quantitative estimate of drug-likeness (QED) is 0.385. The SMILES string of the molecule is CC(C)(C)OC(=O)NC(C(=O)N[C@@H]1C(=O)N2C(C(=O)OC(C)(C)C)=C(CO)CS[C@@H]12)c1ccccc1. The van der Waals surface area contributed by atoms with Crippen molar-refractivity contribution in [1.82, 2.24) is 15.5 Å². The van der Waals surface area contributed by atoms with Gasteiger partial charge in [-0.25, -0.2) is 9.59 Å². The number of rotatable bonds is 6. The van der Waals surface area contributed by atoms with Gasteiger partial charge in [-0.15, -0.1) is 11.8 Å². The van der Waals surface area contributed by atoms with E-state index in [1.165, 1.54) is 16.7 Å². The lowest BCUT2D eigenvalue weighted by Gasteiger charge is -2.50. The molecule has 1 saturated heterocycles. The number of hydrogen-bond donors (Lipinski definition) is 3. The Balaban J connectivity index is 1.79. The minimum atomic E-state index is -1.11. The fourth-order valence-corrected chi connectivity index (χ4v) is 5.06. The molecule has 3 amide bonds. The molecular formula is C25H33N3O7S. The Morgan fingerprint density at radius 2 is 1.69 bits per heavy atom. The number of aliphatic hydroxyl groups excluding tert-OH is 1. The van der Waals surface area contributed by atoms with Crippen molar-refractivity contribution in [2.24, 2.45) is 0 Å². The van der Waals surface area contributed by atoms with Crippen LogP contribution in [0.25, 0.3) is 0 Å². The summed E-state index contributed by atoms with van der Waals surface area (Å²) in [6.45, 7) is 9.86. The van der Waals surface area contributed by atoms with Crippen LogP contribution in [0.5, 0.6) is 0 Å². The molecule has 196 valence electrons. The Morgan fingerprint density at radius 1 is 1.08 bits per heavy atom. The highest BCUT2D eigenvalue weighted by molar-refractivity contribution is 8.00. The number of carbonyl (C=O) groups excluding carboxylic acids is 4. The average molecular weight is 520 g/mol. The fraction of sp³-hybridized carbons (Fsp3) is 0.520. The zero-order valence-electron chi connectivity index (χ0n) is 21.3. The Morgan fingerprint density at radius 3 is 2.25 bits per heavy atom. The number of nitrogens with zero attached hydrogens (tertiary/aromatic N) is 1. The smallest absolute Gasteiger partial charge is 0.408 e. The van der Waals surface area contributed by atoms with E-state index in [-0.39, 0.29) is 5.70 Å². The van der Waals surface area contributed by atoms with Crippen LogP contribution in [0.2, 0.25) is 0 Å². The number of amides is 3. The molecule has 0 aromatic heterocycles. The predicted molar refractivity (Wildman–Crippen MR) is 134 cm³/mol. The lowest BCUT2D eigenvalue weighted by molar-refractivity contribution is -0.159. The van der Waals surface area contributed by atoms with Crippen LogP contribution in [0, 0.1) is 0 Å². The number of hydrogen-bond acceptors (Lipinski definition) is 8. The molecule has 11 heteroatoms. The molecule has 1 aromatic rings. The predicted octanol–water partition coefficient (Wildman–Crippen LogP) is 2.24. The normalized spacial score (nSPS) is 20.6. The first-order valence-corrected chi connectivity index (χ1v) is 12.6. The first-order chi connectivity index (χ1) is 16.7. The Hall–Kier alpha value is -3.05. The fourth-order valence-electron chi connectivity index (χ4n) is 3.73. The summed E-state index contributed by atoms with van der Waals surface area (Å²) in [7, 11) is 0. The second-order valence-electron chi connectivity index (χ2n) is 10.5. The molecule has 1 fully saturated rings. The van der Waals surface area contributed by atoms with Crippen molar-refractivity contribution in [2.75, 3.05) is 12.4 Å². The van der Waals surface area contributed by atoms with Crippen molar-refractivity contribution in [3.05, 3.63) is 47.2 Å². The number of benzene rings is 1. The molecule has 0 spiro atoms. The topological polar surface area (TPSA) is 134 Å². The Bertz CT molecular complexity index is 1060. The third kappa shape index (κ3) is 6.38. The summed E-state index contributed by atoms with van der Waals surface area (Å²) in [6.07, 6.45) is -0.775. The molecule has 36 heavy (non-hydrogen) atoms. The standard InChI is InChI=1S/C25H33N3O7S/c1-24(2,3)34-22(32)18-15(12-29)13-36-21-17(20(31)28(18)21)26-19(30)16(14-10-8-7-9-11-14)27-23(33)35-25(4,5)6/h7-11,16-17,21,29H,12-13H2,1-6H3,(H,26,30)(H,27,33)/t16?,17-,21+/m1/s1. The summed E-state index contributed by atoms with van der Waals surface area (Å²) in [5.74, 6) is -1.51. The largest absolute Gasteiger partial charge is 0.455 e. The zero-order valence-corrected chi connectivity index (χ0v) is 22.1. The zero-order chi connectivity index (χ0) is 26.8. The lowest BCUT2D eigenvalue weighted by atomic mass is 10.0. The summed E-state index contributed by atoms with van der Waals surface area (Å²) in [6, 6.07) is 6.58. The monoisotopic (exact) mass is 519 g/mol. The number of thioether (sulfide) groups is 1. The van der Waals surface area contributed by atoms with Crippen molar-refractivity contribution in [2.45, 2.75) is 70.2 Å². The highest BCUT2D eigenvalue weighted by Crippen LogP contribution is 2.41. The summed E-state index contributed by atoms with van der Waals surface area (Å²) < 4.78 is 10.8. The van der Waals surface area contributed by atoms with Gasteiger partial charge in [0.05, 0.1) is 6.61 Å². The van der Waals surface area contributed by atoms with Crippen LogP contribution in [-0.4, -0.2) is 68.9 Å². The summed E-state index contributed by atoms with van der Waals surface area (Å²) in [5.41, 5.74) is -0.643. The van der Waals surface area contributed by atoms with E-state index in [1.807, 2.05) is 0 Å². The maximum atomic E-state index is 13.3. The summed E-state index contributed by atoms with van der Waals surface area (Å²) >= 11 is 1.32. The number of nitrogens with one attached hydrogen (secondary N) is 2. The first kappa shape index (κ1) is 27.5. The van der Waals surface area contributed by atoms with Gasteiger partial charge in [-0.2, -0.15) is 0 Å². The molecule has 3 rings (SSSR count). The van der Waals surface area contributed by atoms with Gasteiger partial charge in [0.1, 0.15) is 34.4 Å². The second-order valence-corrected chi connectivity index (χ2v) is 11.6. The Kier molecular flexibility index (Phi) is 8.04. The average Bonchev–Trinajstić information content (AvgIpc) is 2.78. The van der Waals surface area contributed by atoms with Crippen LogP contribution >= 0.6 is 11.8 Å². The molecule has 10 nitrogen and oxygen atoms in total. The molecule has 1 aromatic carbocycles. The number of β-lactam (4-membered cyclic amide) rings is 1. The molecule has 3 N–H and O–H groups in total. The minimum absolute atomic E-state index is 0.0122. The summed E-state index contributed by atoms with van der Waals surface area (Å²) in [5, 5.41) is 14.5. The van der Waals surface area contributed by atoms with Gasteiger partial charge in [0.2, 0.25) is 5.91 Å². The number of esters is 1. The number of ether oxygens (including phenoxy) is 2. The van der Waals surface area contributed by atoms with E-state index in [2.05, 4.69) is 10.6 Å². The van der Waals surface area contributed by atoms with Gasteiger partial charge in [0, 0.05) is 5.75 Å². The molecule has 0 bridgehead atoms. The molecule has 2 heterocycles. The highest BCUT2D eigenvalue weighted by atomic mass is 32.2. The van der Waals surface area contributed by atoms with Gasteiger partial charge >= 0.3 is 12.1 Å².